The highest BCUT2D eigenvalue weighted by atomic mass is 16.5. The van der Waals surface area contributed by atoms with Gasteiger partial charge in [0.15, 0.2) is 5.82 Å². The van der Waals surface area contributed by atoms with Crippen molar-refractivity contribution >= 4 is 11.7 Å². The molecule has 0 bridgehead atoms. The average molecular weight is 253 g/mol. The molecule has 1 rings (SSSR count). The Hall–Kier alpha value is -1.69. The van der Waals surface area contributed by atoms with Crippen LogP contribution in [0.2, 0.25) is 0 Å². The van der Waals surface area contributed by atoms with Gasteiger partial charge in [-0.25, -0.2) is 0 Å². The van der Waals surface area contributed by atoms with Gasteiger partial charge in [-0.05, 0) is 6.42 Å². The van der Waals surface area contributed by atoms with E-state index in [1.165, 1.54) is 12.4 Å². The maximum Gasteiger partial charge on any atom is 0.234 e. The first-order valence-corrected chi connectivity index (χ1v) is 5.96. The van der Waals surface area contributed by atoms with Crippen LogP contribution in [-0.2, 0) is 4.79 Å². The minimum Gasteiger partial charge on any atom is -0.474 e. The number of aliphatic hydroxyl groups is 1. The Bertz CT molecular complexity index is 396. The van der Waals surface area contributed by atoms with Crippen molar-refractivity contribution in [1.29, 1.82) is 0 Å². The normalized spacial score (nSPS) is 12.3. The largest absolute Gasteiger partial charge is 0.474 e. The van der Waals surface area contributed by atoms with E-state index in [0.29, 0.717) is 12.2 Å². The quantitative estimate of drug-likeness (QED) is 0.796. The molecule has 0 aliphatic heterocycles. The third kappa shape index (κ3) is 4.67. The predicted octanol–water partition coefficient (Wildman–Crippen LogP) is 1.22. The molecule has 2 N–H and O–H groups in total. The van der Waals surface area contributed by atoms with Gasteiger partial charge in [-0.15, -0.1) is 0 Å². The van der Waals surface area contributed by atoms with Gasteiger partial charge in [0, 0.05) is 5.92 Å². The fourth-order valence-corrected chi connectivity index (χ4v) is 1.05. The summed E-state index contributed by atoms with van der Waals surface area (Å²) in [5.41, 5.74) is 0. The second-order valence-electron chi connectivity index (χ2n) is 4.26. The zero-order valence-corrected chi connectivity index (χ0v) is 10.9. The number of aromatic nitrogens is 2. The van der Waals surface area contributed by atoms with E-state index < -0.39 is 6.10 Å². The molecule has 6 nitrogen and oxygen atoms in total. The molecule has 6 heteroatoms. The van der Waals surface area contributed by atoms with Crippen LogP contribution in [0, 0.1) is 5.92 Å². The Kier molecular flexibility index (Phi) is 5.51. The van der Waals surface area contributed by atoms with Crippen molar-refractivity contribution in [3.63, 3.8) is 0 Å². The van der Waals surface area contributed by atoms with Gasteiger partial charge in [0.1, 0.15) is 6.61 Å². The zero-order chi connectivity index (χ0) is 13.5. The van der Waals surface area contributed by atoms with Crippen LogP contribution in [-0.4, -0.2) is 33.7 Å². The summed E-state index contributed by atoms with van der Waals surface area (Å²) >= 11 is 0. The fraction of sp³-hybridized carbons (Fsp3) is 0.583. The summed E-state index contributed by atoms with van der Waals surface area (Å²) in [6.45, 7) is 5.60. The summed E-state index contributed by atoms with van der Waals surface area (Å²) in [5, 5.41) is 12.0. The van der Waals surface area contributed by atoms with E-state index in [1.54, 1.807) is 13.8 Å². The van der Waals surface area contributed by atoms with Gasteiger partial charge in [-0.3, -0.25) is 9.78 Å². The highest BCUT2D eigenvalue weighted by Gasteiger charge is 2.09. The third-order valence-corrected chi connectivity index (χ3v) is 2.28. The van der Waals surface area contributed by atoms with Crippen molar-refractivity contribution in [2.75, 3.05) is 11.9 Å². The Morgan fingerprint density at radius 1 is 1.50 bits per heavy atom. The van der Waals surface area contributed by atoms with Crippen LogP contribution in [0.4, 0.5) is 5.82 Å². The molecule has 0 saturated carbocycles. The monoisotopic (exact) mass is 253 g/mol. The van der Waals surface area contributed by atoms with Crippen molar-refractivity contribution < 1.29 is 14.6 Å². The molecule has 100 valence electrons. The van der Waals surface area contributed by atoms with E-state index >= 15 is 0 Å². The maximum absolute atomic E-state index is 11.5. The number of hydrogen-bond donors (Lipinski definition) is 2. The second-order valence-corrected chi connectivity index (χ2v) is 4.26. The number of carbonyl (C=O) groups excluding carboxylic acids is 1. The van der Waals surface area contributed by atoms with Crippen molar-refractivity contribution in [2.45, 2.75) is 33.3 Å². The molecule has 1 aromatic rings. The van der Waals surface area contributed by atoms with Crippen molar-refractivity contribution in [2.24, 2.45) is 5.92 Å². The van der Waals surface area contributed by atoms with E-state index in [1.807, 2.05) is 6.92 Å². The van der Waals surface area contributed by atoms with Crippen LogP contribution in [0.25, 0.3) is 0 Å². The molecule has 0 spiro atoms. The SMILES string of the molecule is CC[C@H](O)COc1cncc(NC(=O)C(C)C)n1. The van der Waals surface area contributed by atoms with Crippen LogP contribution in [0.15, 0.2) is 12.4 Å². The van der Waals surface area contributed by atoms with Gasteiger partial charge in [0.05, 0.1) is 18.5 Å². The van der Waals surface area contributed by atoms with Crippen LogP contribution in [0.5, 0.6) is 5.88 Å². The highest BCUT2D eigenvalue weighted by molar-refractivity contribution is 5.90. The Morgan fingerprint density at radius 3 is 2.83 bits per heavy atom. The molecule has 0 unspecified atom stereocenters. The summed E-state index contributed by atoms with van der Waals surface area (Å²) in [6, 6.07) is 0. The molecule has 0 fully saturated rings. The van der Waals surface area contributed by atoms with Crippen LogP contribution in [0.3, 0.4) is 0 Å². The van der Waals surface area contributed by atoms with Gasteiger partial charge in [0.2, 0.25) is 11.8 Å². The number of rotatable bonds is 6. The number of carbonyl (C=O) groups is 1. The van der Waals surface area contributed by atoms with Gasteiger partial charge < -0.3 is 15.2 Å². The molecule has 0 saturated heterocycles. The first-order valence-electron chi connectivity index (χ1n) is 5.96. The number of hydrogen-bond acceptors (Lipinski definition) is 5. The van der Waals surface area contributed by atoms with E-state index in [0.717, 1.165) is 0 Å². The highest BCUT2D eigenvalue weighted by Crippen LogP contribution is 2.10. The Balaban J connectivity index is 2.59. The lowest BCUT2D eigenvalue weighted by Gasteiger charge is -2.10. The minimum absolute atomic E-state index is 0.127. The summed E-state index contributed by atoms with van der Waals surface area (Å²) in [7, 11) is 0. The summed E-state index contributed by atoms with van der Waals surface area (Å²) in [6.07, 6.45) is 2.97. The average Bonchev–Trinajstić information content (AvgIpc) is 2.36. The molecule has 0 aromatic carbocycles. The number of anilines is 1. The first-order chi connectivity index (χ1) is 8.52. The molecular formula is C12H19N3O3. The number of aliphatic hydroxyl groups excluding tert-OH is 1. The smallest absolute Gasteiger partial charge is 0.234 e. The van der Waals surface area contributed by atoms with Gasteiger partial charge >= 0.3 is 0 Å². The first kappa shape index (κ1) is 14.4. The molecule has 1 atom stereocenters. The molecule has 18 heavy (non-hydrogen) atoms. The molecule has 1 aromatic heterocycles. The van der Waals surface area contributed by atoms with Crippen molar-refractivity contribution in [3.05, 3.63) is 12.4 Å². The fourth-order valence-electron chi connectivity index (χ4n) is 1.05. The summed E-state index contributed by atoms with van der Waals surface area (Å²) < 4.78 is 5.27. The molecule has 1 amide bonds. The second kappa shape index (κ2) is 6.90. The number of ether oxygens (including phenoxy) is 1. The van der Waals surface area contributed by atoms with E-state index in [4.69, 9.17) is 4.74 Å². The predicted molar refractivity (Wildman–Crippen MR) is 67.3 cm³/mol. The zero-order valence-electron chi connectivity index (χ0n) is 10.9. The van der Waals surface area contributed by atoms with Crippen LogP contribution in [0.1, 0.15) is 27.2 Å². The maximum atomic E-state index is 11.5. The van der Waals surface area contributed by atoms with Crippen LogP contribution < -0.4 is 10.1 Å². The third-order valence-electron chi connectivity index (χ3n) is 2.28. The lowest BCUT2D eigenvalue weighted by Crippen LogP contribution is -2.19. The van der Waals surface area contributed by atoms with Gasteiger partial charge in [-0.2, -0.15) is 4.98 Å². The lowest BCUT2D eigenvalue weighted by atomic mass is 10.2. The molecule has 0 aliphatic rings. The minimum atomic E-state index is -0.527. The Labute approximate surface area is 106 Å². The molecule has 0 aliphatic carbocycles. The van der Waals surface area contributed by atoms with E-state index in [9.17, 15) is 9.90 Å². The lowest BCUT2D eigenvalue weighted by molar-refractivity contribution is -0.118. The van der Waals surface area contributed by atoms with Gasteiger partial charge in [0.25, 0.3) is 0 Å². The summed E-state index contributed by atoms with van der Waals surface area (Å²) in [5.74, 6) is 0.370. The standard InChI is InChI=1S/C12H19N3O3/c1-4-9(16)7-18-11-6-13-5-10(14-11)15-12(17)8(2)3/h5-6,8-9,16H,4,7H2,1-3H3,(H,14,15,17)/t9-/m0/s1. The van der Waals surface area contributed by atoms with Gasteiger partial charge in [-0.1, -0.05) is 20.8 Å². The Morgan fingerprint density at radius 2 is 2.22 bits per heavy atom. The number of nitrogens with one attached hydrogen (secondary N) is 1. The molecule has 1 heterocycles. The molecular weight excluding hydrogens is 234 g/mol. The topological polar surface area (TPSA) is 84.3 Å². The number of amides is 1. The van der Waals surface area contributed by atoms with E-state index in [2.05, 4.69) is 15.3 Å². The van der Waals surface area contributed by atoms with Crippen molar-refractivity contribution in [3.8, 4) is 5.88 Å². The van der Waals surface area contributed by atoms with E-state index in [-0.39, 0.29) is 24.3 Å². The van der Waals surface area contributed by atoms with Crippen LogP contribution >= 0.6 is 0 Å². The summed E-state index contributed by atoms with van der Waals surface area (Å²) in [4.78, 5) is 19.5. The number of nitrogens with zero attached hydrogens (tertiary/aromatic N) is 2. The molecule has 0 radical (unpaired) electrons. The van der Waals surface area contributed by atoms with Crippen molar-refractivity contribution in [1.82, 2.24) is 9.97 Å².